The van der Waals surface area contributed by atoms with Crippen molar-refractivity contribution in [2.45, 2.75) is 32.1 Å². The van der Waals surface area contributed by atoms with Crippen molar-refractivity contribution in [3.05, 3.63) is 69.5 Å². The first-order valence-corrected chi connectivity index (χ1v) is 8.70. The Labute approximate surface area is 154 Å². The smallest absolute Gasteiger partial charge is 0.252 e. The number of H-pyrrole nitrogens is 1. The van der Waals surface area contributed by atoms with Gasteiger partial charge in [-0.1, -0.05) is 12.1 Å². The molecule has 0 saturated heterocycles. The molecule has 7 nitrogen and oxygen atoms in total. The van der Waals surface area contributed by atoms with Gasteiger partial charge in [-0.05, 0) is 37.5 Å². The maximum atomic E-state index is 13.0. The number of rotatable bonds is 5. The standard InChI is InChI=1S/C19H18FN5O2/c1-11-8-17(26)23-19(21-11)25-16(10-15(24-25)13-4-5-13)22-18(27)9-12-2-6-14(20)7-3-12/h2-3,6-8,10,13H,4-5,9H2,1H3,(H,22,27)(H,21,23,26). The van der Waals surface area contributed by atoms with E-state index in [0.29, 0.717) is 23.0 Å². The molecule has 1 aliphatic rings. The van der Waals surface area contributed by atoms with Crippen LogP contribution in [0.1, 0.15) is 35.7 Å². The fourth-order valence-corrected chi connectivity index (χ4v) is 2.87. The highest BCUT2D eigenvalue weighted by molar-refractivity contribution is 5.91. The van der Waals surface area contributed by atoms with Crippen molar-refractivity contribution < 1.29 is 9.18 Å². The highest BCUT2D eigenvalue weighted by atomic mass is 19.1. The first-order valence-electron chi connectivity index (χ1n) is 8.70. The summed E-state index contributed by atoms with van der Waals surface area (Å²) in [5.41, 5.74) is 1.83. The summed E-state index contributed by atoms with van der Waals surface area (Å²) < 4.78 is 14.5. The van der Waals surface area contributed by atoms with E-state index < -0.39 is 0 Å². The van der Waals surface area contributed by atoms with E-state index >= 15 is 0 Å². The molecule has 8 heteroatoms. The number of aryl methyl sites for hydroxylation is 1. The minimum Gasteiger partial charge on any atom is -0.310 e. The first-order chi connectivity index (χ1) is 13.0. The van der Waals surface area contributed by atoms with E-state index in [1.165, 1.54) is 22.9 Å². The number of benzene rings is 1. The molecule has 1 fully saturated rings. The average molecular weight is 367 g/mol. The molecule has 0 spiro atoms. The molecule has 0 aliphatic heterocycles. The summed E-state index contributed by atoms with van der Waals surface area (Å²) in [5, 5.41) is 7.34. The molecule has 138 valence electrons. The minimum absolute atomic E-state index is 0.0992. The number of nitrogens with one attached hydrogen (secondary N) is 2. The molecule has 2 aromatic heterocycles. The number of nitrogens with zero attached hydrogens (tertiary/aromatic N) is 3. The average Bonchev–Trinajstić information content (AvgIpc) is 3.37. The second-order valence-corrected chi connectivity index (χ2v) is 6.70. The zero-order valence-corrected chi connectivity index (χ0v) is 14.7. The Morgan fingerprint density at radius 1 is 1.30 bits per heavy atom. The van der Waals surface area contributed by atoms with Gasteiger partial charge in [0.25, 0.3) is 5.56 Å². The molecule has 2 N–H and O–H groups in total. The fourth-order valence-electron chi connectivity index (χ4n) is 2.87. The Morgan fingerprint density at radius 3 is 2.70 bits per heavy atom. The molecule has 4 rings (SSSR count). The van der Waals surface area contributed by atoms with Gasteiger partial charge < -0.3 is 5.32 Å². The van der Waals surface area contributed by atoms with Crippen molar-refractivity contribution in [2.24, 2.45) is 0 Å². The van der Waals surface area contributed by atoms with Gasteiger partial charge in [-0.3, -0.25) is 14.6 Å². The van der Waals surface area contributed by atoms with Crippen LogP contribution in [0.15, 0.2) is 41.2 Å². The molecule has 0 unspecified atom stereocenters. The molecule has 1 amide bonds. The summed E-state index contributed by atoms with van der Waals surface area (Å²) in [7, 11) is 0. The number of amides is 1. The Hall–Kier alpha value is -3.29. The first kappa shape index (κ1) is 17.1. The van der Waals surface area contributed by atoms with Crippen LogP contribution < -0.4 is 10.9 Å². The molecular weight excluding hydrogens is 349 g/mol. The van der Waals surface area contributed by atoms with Crippen LogP contribution in [0.4, 0.5) is 10.2 Å². The second-order valence-electron chi connectivity index (χ2n) is 6.70. The van der Waals surface area contributed by atoms with Crippen LogP contribution >= 0.6 is 0 Å². The number of carbonyl (C=O) groups is 1. The summed E-state index contributed by atoms with van der Waals surface area (Å²) in [4.78, 5) is 31.2. The monoisotopic (exact) mass is 367 g/mol. The third-order valence-electron chi connectivity index (χ3n) is 4.33. The summed E-state index contributed by atoms with van der Waals surface area (Å²) in [6, 6.07) is 8.98. The second kappa shape index (κ2) is 6.79. The van der Waals surface area contributed by atoms with Crippen molar-refractivity contribution in [3.8, 4) is 5.95 Å². The third-order valence-corrected chi connectivity index (χ3v) is 4.33. The van der Waals surface area contributed by atoms with Crippen LogP contribution in [0.25, 0.3) is 5.95 Å². The van der Waals surface area contributed by atoms with Gasteiger partial charge in [0.2, 0.25) is 11.9 Å². The van der Waals surface area contributed by atoms with Crippen LogP contribution in [0.5, 0.6) is 0 Å². The third kappa shape index (κ3) is 3.94. The molecule has 2 heterocycles. The lowest BCUT2D eigenvalue weighted by atomic mass is 10.1. The summed E-state index contributed by atoms with van der Waals surface area (Å²) in [5.74, 6) is 0.457. The van der Waals surface area contributed by atoms with E-state index in [-0.39, 0.29) is 29.7 Å². The molecule has 3 aromatic rings. The molecule has 0 atom stereocenters. The van der Waals surface area contributed by atoms with Gasteiger partial charge in [0.1, 0.15) is 11.6 Å². The summed E-state index contributed by atoms with van der Waals surface area (Å²) >= 11 is 0. The van der Waals surface area contributed by atoms with Gasteiger partial charge in [0.15, 0.2) is 0 Å². The number of hydrogen-bond donors (Lipinski definition) is 2. The molecular formula is C19H18FN5O2. The predicted molar refractivity (Wildman–Crippen MR) is 97.4 cm³/mol. The van der Waals surface area contributed by atoms with Gasteiger partial charge >= 0.3 is 0 Å². The van der Waals surface area contributed by atoms with E-state index in [0.717, 1.165) is 18.5 Å². The normalized spacial score (nSPS) is 13.6. The van der Waals surface area contributed by atoms with Crippen LogP contribution in [0, 0.1) is 12.7 Å². The van der Waals surface area contributed by atoms with Gasteiger partial charge in [-0.2, -0.15) is 9.78 Å². The lowest BCUT2D eigenvalue weighted by Crippen LogP contribution is -2.20. The largest absolute Gasteiger partial charge is 0.310 e. The Kier molecular flexibility index (Phi) is 4.31. The fraction of sp³-hybridized carbons (Fsp3) is 0.263. The highest BCUT2D eigenvalue weighted by Crippen LogP contribution is 2.40. The SMILES string of the molecule is Cc1cc(=O)[nH]c(-n2nc(C3CC3)cc2NC(=O)Cc2ccc(F)cc2)n1. The number of aromatic amines is 1. The van der Waals surface area contributed by atoms with E-state index in [4.69, 9.17) is 0 Å². The Balaban J connectivity index is 1.62. The minimum atomic E-state index is -0.346. The van der Waals surface area contributed by atoms with Crippen molar-refractivity contribution >= 4 is 11.7 Å². The maximum absolute atomic E-state index is 13.0. The van der Waals surface area contributed by atoms with E-state index in [9.17, 15) is 14.0 Å². The van der Waals surface area contributed by atoms with Gasteiger partial charge in [-0.15, -0.1) is 0 Å². The Morgan fingerprint density at radius 2 is 2.04 bits per heavy atom. The molecule has 0 radical (unpaired) electrons. The number of hydrogen-bond acceptors (Lipinski definition) is 4. The van der Waals surface area contributed by atoms with Crippen LogP contribution in [-0.4, -0.2) is 25.7 Å². The highest BCUT2D eigenvalue weighted by Gasteiger charge is 2.28. The van der Waals surface area contributed by atoms with E-state index in [2.05, 4.69) is 20.4 Å². The summed E-state index contributed by atoms with van der Waals surface area (Å²) in [6.45, 7) is 1.72. The van der Waals surface area contributed by atoms with Crippen LogP contribution in [0.3, 0.4) is 0 Å². The van der Waals surface area contributed by atoms with Crippen molar-refractivity contribution in [1.29, 1.82) is 0 Å². The number of halogens is 1. The quantitative estimate of drug-likeness (QED) is 0.724. The van der Waals surface area contributed by atoms with E-state index in [1.807, 2.05) is 6.07 Å². The van der Waals surface area contributed by atoms with Crippen molar-refractivity contribution in [3.63, 3.8) is 0 Å². The van der Waals surface area contributed by atoms with E-state index in [1.54, 1.807) is 19.1 Å². The lowest BCUT2D eigenvalue weighted by Gasteiger charge is -2.08. The van der Waals surface area contributed by atoms with Crippen molar-refractivity contribution in [1.82, 2.24) is 19.7 Å². The zero-order valence-electron chi connectivity index (χ0n) is 14.7. The molecule has 1 aliphatic carbocycles. The molecule has 1 saturated carbocycles. The van der Waals surface area contributed by atoms with Gasteiger partial charge in [0.05, 0.1) is 12.1 Å². The van der Waals surface area contributed by atoms with Gasteiger partial charge in [-0.25, -0.2) is 9.37 Å². The maximum Gasteiger partial charge on any atom is 0.252 e. The zero-order chi connectivity index (χ0) is 19.0. The number of anilines is 1. The van der Waals surface area contributed by atoms with Crippen LogP contribution in [-0.2, 0) is 11.2 Å². The molecule has 0 bridgehead atoms. The van der Waals surface area contributed by atoms with Crippen LogP contribution in [0.2, 0.25) is 0 Å². The van der Waals surface area contributed by atoms with Gasteiger partial charge in [0, 0.05) is 23.7 Å². The lowest BCUT2D eigenvalue weighted by molar-refractivity contribution is -0.115. The topological polar surface area (TPSA) is 92.7 Å². The Bertz CT molecular complexity index is 1050. The number of aromatic nitrogens is 4. The molecule has 27 heavy (non-hydrogen) atoms. The predicted octanol–water partition coefficient (Wildman–Crippen LogP) is 2.46. The summed E-state index contributed by atoms with van der Waals surface area (Å²) in [6.07, 6.45) is 2.21. The number of carbonyl (C=O) groups excluding carboxylic acids is 1. The van der Waals surface area contributed by atoms with Crippen molar-refractivity contribution in [2.75, 3.05) is 5.32 Å². The molecule has 1 aromatic carbocycles.